The fraction of sp³-hybridized carbons (Fsp3) is 0.0690. The molecule has 0 unspecified atom stereocenters. The molecule has 288 valence electrons. The van der Waals surface area contributed by atoms with Crippen molar-refractivity contribution < 1.29 is 4.42 Å². The SMILES string of the molecule is CC(C)(C)c1ccc(Nc2cc3ccccc3cc2-c2cc3c(oc4ccccc43)c3c2Bc2cc(-c4ccccc4)cc4c2c-3cc2ccc(-c3ccccc3)cc24)cc1. The summed E-state index contributed by atoms with van der Waals surface area (Å²) in [6.07, 6.45) is 0. The summed E-state index contributed by atoms with van der Waals surface area (Å²) >= 11 is 0. The quantitative estimate of drug-likeness (QED) is 0.139. The topological polar surface area (TPSA) is 25.2 Å². The third kappa shape index (κ3) is 5.87. The highest BCUT2D eigenvalue weighted by atomic mass is 16.3. The Labute approximate surface area is 356 Å². The first-order valence-electron chi connectivity index (χ1n) is 21.4. The molecule has 1 aliphatic heterocycles. The lowest BCUT2D eigenvalue weighted by Gasteiger charge is -2.26. The van der Waals surface area contributed by atoms with E-state index in [1.54, 1.807) is 0 Å². The van der Waals surface area contributed by atoms with Gasteiger partial charge in [0.05, 0.1) is 0 Å². The molecule has 1 aromatic heterocycles. The molecule has 1 aliphatic rings. The van der Waals surface area contributed by atoms with Crippen LogP contribution >= 0.6 is 0 Å². The summed E-state index contributed by atoms with van der Waals surface area (Å²) in [7, 11) is 0.762. The minimum absolute atomic E-state index is 0.0729. The van der Waals surface area contributed by atoms with E-state index in [-0.39, 0.29) is 5.41 Å². The summed E-state index contributed by atoms with van der Waals surface area (Å²) in [6.45, 7) is 6.80. The molecule has 12 rings (SSSR count). The van der Waals surface area contributed by atoms with Crippen LogP contribution in [0.25, 0.3) is 98.8 Å². The number of hydrogen-bond donors (Lipinski definition) is 1. The molecular formula is C58H42BNO. The van der Waals surface area contributed by atoms with E-state index >= 15 is 0 Å². The molecule has 0 aliphatic carbocycles. The molecule has 1 N–H and O–H groups in total. The minimum atomic E-state index is 0.0729. The molecule has 61 heavy (non-hydrogen) atoms. The maximum atomic E-state index is 6.99. The molecule has 0 saturated carbocycles. The lowest BCUT2D eigenvalue weighted by molar-refractivity contribution is 0.590. The van der Waals surface area contributed by atoms with E-state index in [1.807, 2.05) is 0 Å². The number of hydrogen-bond acceptors (Lipinski definition) is 2. The Kier molecular flexibility index (Phi) is 7.93. The summed E-state index contributed by atoms with van der Waals surface area (Å²) in [6, 6.07) is 69.2. The molecule has 2 nitrogen and oxygen atoms in total. The Morgan fingerprint density at radius 2 is 1.11 bits per heavy atom. The molecular weight excluding hydrogens is 737 g/mol. The molecule has 11 aromatic rings. The molecule has 0 spiro atoms. The van der Waals surface area contributed by atoms with Gasteiger partial charge in [0.2, 0.25) is 0 Å². The Bertz CT molecular complexity index is 3540. The fourth-order valence-electron chi connectivity index (χ4n) is 9.89. The van der Waals surface area contributed by atoms with Crippen LogP contribution in [-0.4, -0.2) is 7.28 Å². The van der Waals surface area contributed by atoms with E-state index in [9.17, 15) is 0 Å². The number of furan rings is 1. The maximum absolute atomic E-state index is 6.99. The molecule has 0 amide bonds. The van der Waals surface area contributed by atoms with Crippen LogP contribution in [-0.2, 0) is 5.41 Å². The Morgan fingerprint density at radius 1 is 0.459 bits per heavy atom. The molecule has 2 heterocycles. The van der Waals surface area contributed by atoms with Gasteiger partial charge in [0.25, 0.3) is 0 Å². The first-order valence-corrected chi connectivity index (χ1v) is 21.4. The smallest absolute Gasteiger partial charge is 0.194 e. The van der Waals surface area contributed by atoms with E-state index in [1.165, 1.54) is 93.3 Å². The molecule has 0 fully saturated rings. The van der Waals surface area contributed by atoms with E-state index in [4.69, 9.17) is 4.42 Å². The van der Waals surface area contributed by atoms with Crippen molar-refractivity contribution in [2.24, 2.45) is 0 Å². The third-order valence-corrected chi connectivity index (χ3v) is 13.0. The molecule has 10 aromatic carbocycles. The average Bonchev–Trinajstić information content (AvgIpc) is 3.67. The first kappa shape index (κ1) is 35.6. The zero-order chi connectivity index (χ0) is 40.8. The second kappa shape index (κ2) is 13.6. The van der Waals surface area contributed by atoms with Crippen LogP contribution in [0.1, 0.15) is 26.3 Å². The van der Waals surface area contributed by atoms with Gasteiger partial charge in [-0.15, -0.1) is 0 Å². The summed E-state index contributed by atoms with van der Waals surface area (Å²) in [5.74, 6) is 0. The highest BCUT2D eigenvalue weighted by Crippen LogP contribution is 2.46. The fourth-order valence-corrected chi connectivity index (χ4v) is 9.89. The van der Waals surface area contributed by atoms with Gasteiger partial charge in [0, 0.05) is 33.3 Å². The Morgan fingerprint density at radius 3 is 1.87 bits per heavy atom. The number of nitrogens with one attached hydrogen (secondary N) is 1. The standard InChI is InChI=1S/C58H42BNO/c1-58(2,3)42-24-26-43(27-25-42)60-52-33-38-19-11-10-18-37(38)29-46(52)48-34-49-44-20-12-13-21-53(44)61-57(49)55-50-30-40-23-22-39(35-14-6-4-7-15-35)28-45(40)47-31-41(36-16-8-5-9-17-36)32-51(54(47)50)59-56(48)55/h4-34,59-60H,1-3H3. The van der Waals surface area contributed by atoms with Crippen molar-refractivity contribution in [2.75, 3.05) is 5.32 Å². The Hall–Kier alpha value is -7.36. The van der Waals surface area contributed by atoms with Crippen molar-refractivity contribution >= 4 is 83.8 Å². The second-order valence-corrected chi connectivity index (χ2v) is 17.8. The average molecular weight is 780 g/mol. The molecule has 0 bridgehead atoms. The van der Waals surface area contributed by atoms with E-state index in [0.717, 1.165) is 40.6 Å². The monoisotopic (exact) mass is 779 g/mol. The number of para-hydroxylation sites is 1. The van der Waals surface area contributed by atoms with Crippen molar-refractivity contribution in [3.05, 3.63) is 194 Å². The van der Waals surface area contributed by atoms with Gasteiger partial charge in [-0.3, -0.25) is 0 Å². The van der Waals surface area contributed by atoms with Gasteiger partial charge in [-0.25, -0.2) is 0 Å². The van der Waals surface area contributed by atoms with Crippen LogP contribution in [0.2, 0.25) is 0 Å². The first-order chi connectivity index (χ1) is 29.8. The molecule has 0 radical (unpaired) electrons. The lowest BCUT2D eigenvalue weighted by atomic mass is 9.54. The predicted octanol–water partition coefficient (Wildman–Crippen LogP) is 14.5. The molecule has 3 heteroatoms. The maximum Gasteiger partial charge on any atom is 0.194 e. The highest BCUT2D eigenvalue weighted by molar-refractivity contribution is 6.75. The number of benzene rings is 10. The van der Waals surface area contributed by atoms with E-state index in [2.05, 4.69) is 214 Å². The van der Waals surface area contributed by atoms with Gasteiger partial charge in [-0.05, 0) is 131 Å². The van der Waals surface area contributed by atoms with Gasteiger partial charge >= 0.3 is 0 Å². The van der Waals surface area contributed by atoms with Crippen molar-refractivity contribution in [1.82, 2.24) is 0 Å². The van der Waals surface area contributed by atoms with Gasteiger partial charge < -0.3 is 9.73 Å². The summed E-state index contributed by atoms with van der Waals surface area (Å²) in [5, 5.41) is 13.6. The summed E-state index contributed by atoms with van der Waals surface area (Å²) in [5.41, 5.74) is 17.7. The van der Waals surface area contributed by atoms with E-state index in [0.29, 0.717) is 0 Å². The third-order valence-electron chi connectivity index (χ3n) is 13.0. The van der Waals surface area contributed by atoms with Gasteiger partial charge in [-0.1, -0.05) is 165 Å². The van der Waals surface area contributed by atoms with Gasteiger partial charge in [-0.2, -0.15) is 0 Å². The van der Waals surface area contributed by atoms with E-state index < -0.39 is 0 Å². The zero-order valence-corrected chi connectivity index (χ0v) is 34.5. The lowest BCUT2D eigenvalue weighted by Crippen LogP contribution is -2.35. The van der Waals surface area contributed by atoms with Crippen LogP contribution in [0.5, 0.6) is 0 Å². The van der Waals surface area contributed by atoms with Crippen LogP contribution in [0.4, 0.5) is 11.4 Å². The second-order valence-electron chi connectivity index (χ2n) is 17.8. The normalized spacial score (nSPS) is 12.3. The van der Waals surface area contributed by atoms with Crippen molar-refractivity contribution in [3.63, 3.8) is 0 Å². The minimum Gasteiger partial charge on any atom is -0.455 e. The summed E-state index contributed by atoms with van der Waals surface area (Å²) in [4.78, 5) is 0. The van der Waals surface area contributed by atoms with Crippen molar-refractivity contribution in [3.8, 4) is 44.5 Å². The van der Waals surface area contributed by atoms with Crippen LogP contribution in [0.15, 0.2) is 192 Å². The van der Waals surface area contributed by atoms with Gasteiger partial charge in [0.1, 0.15) is 11.2 Å². The largest absolute Gasteiger partial charge is 0.455 e. The molecule has 0 atom stereocenters. The predicted molar refractivity (Wildman–Crippen MR) is 263 cm³/mol. The van der Waals surface area contributed by atoms with Gasteiger partial charge in [0.15, 0.2) is 7.28 Å². The van der Waals surface area contributed by atoms with Crippen LogP contribution in [0.3, 0.4) is 0 Å². The number of anilines is 2. The number of rotatable bonds is 5. The van der Waals surface area contributed by atoms with Crippen molar-refractivity contribution in [2.45, 2.75) is 26.2 Å². The zero-order valence-electron chi connectivity index (χ0n) is 34.5. The van der Waals surface area contributed by atoms with Crippen LogP contribution in [0, 0.1) is 0 Å². The number of fused-ring (bicyclic) bond motifs is 9. The van der Waals surface area contributed by atoms with Crippen LogP contribution < -0.4 is 16.2 Å². The van der Waals surface area contributed by atoms with Crippen molar-refractivity contribution in [1.29, 1.82) is 0 Å². The Balaban J connectivity index is 1.17. The molecule has 0 saturated heterocycles. The summed E-state index contributed by atoms with van der Waals surface area (Å²) < 4.78 is 6.99. The highest BCUT2D eigenvalue weighted by Gasteiger charge is 2.30.